The number of carbonyl (C=O) groups excluding carboxylic acids is 2. The lowest BCUT2D eigenvalue weighted by molar-refractivity contribution is -0.155. The first-order valence-corrected chi connectivity index (χ1v) is 5.11. The average molecular weight is 198 g/mol. The summed E-state index contributed by atoms with van der Waals surface area (Å²) in [5, 5.41) is 0. The smallest absolute Gasteiger partial charge is 0.229 e. The van der Waals surface area contributed by atoms with Gasteiger partial charge in [-0.3, -0.25) is 14.5 Å². The molecule has 0 bridgehead atoms. The van der Waals surface area contributed by atoms with Crippen molar-refractivity contribution < 1.29 is 9.59 Å². The first-order valence-electron chi connectivity index (χ1n) is 5.11. The Bertz CT molecular complexity index is 231. The number of hydrogen-bond donors (Lipinski definition) is 1. The predicted octanol–water partition coefficient (Wildman–Crippen LogP) is 0.653. The van der Waals surface area contributed by atoms with Gasteiger partial charge in [0.2, 0.25) is 11.8 Å². The summed E-state index contributed by atoms with van der Waals surface area (Å²) in [6.45, 7) is 4.15. The highest BCUT2D eigenvalue weighted by molar-refractivity contribution is 5.98. The van der Waals surface area contributed by atoms with E-state index >= 15 is 0 Å². The summed E-state index contributed by atoms with van der Waals surface area (Å²) in [6, 6.07) is 0. The minimum atomic E-state index is -0.491. The van der Waals surface area contributed by atoms with Gasteiger partial charge in [0, 0.05) is 19.4 Å². The number of imide groups is 1. The van der Waals surface area contributed by atoms with Crippen molar-refractivity contribution in [3.05, 3.63) is 0 Å². The van der Waals surface area contributed by atoms with Crippen molar-refractivity contribution in [1.29, 1.82) is 0 Å². The third kappa shape index (κ3) is 1.80. The Balaban J connectivity index is 2.91. The number of rotatable bonds is 3. The fourth-order valence-corrected chi connectivity index (χ4v) is 1.75. The lowest BCUT2D eigenvalue weighted by atomic mass is 9.93. The molecule has 1 saturated heterocycles. The Morgan fingerprint density at radius 2 is 1.86 bits per heavy atom. The van der Waals surface area contributed by atoms with Gasteiger partial charge < -0.3 is 5.73 Å². The number of hydrogen-bond acceptors (Lipinski definition) is 3. The molecule has 14 heavy (non-hydrogen) atoms. The fourth-order valence-electron chi connectivity index (χ4n) is 1.75. The summed E-state index contributed by atoms with van der Waals surface area (Å²) in [4.78, 5) is 24.6. The number of nitrogens with two attached hydrogens (primary N) is 1. The van der Waals surface area contributed by atoms with E-state index in [0.29, 0.717) is 32.2 Å². The Morgan fingerprint density at radius 1 is 1.36 bits per heavy atom. The van der Waals surface area contributed by atoms with E-state index < -0.39 is 5.54 Å². The van der Waals surface area contributed by atoms with E-state index in [-0.39, 0.29) is 11.8 Å². The topological polar surface area (TPSA) is 63.4 Å². The molecule has 2 N–H and O–H groups in total. The molecule has 4 heteroatoms. The highest BCUT2D eigenvalue weighted by atomic mass is 16.2. The van der Waals surface area contributed by atoms with Crippen LogP contribution in [-0.4, -0.2) is 28.8 Å². The average Bonchev–Trinajstić information content (AvgIpc) is 2.17. The molecule has 0 spiro atoms. The molecule has 0 aromatic rings. The number of nitrogens with zero attached hydrogens (tertiary/aromatic N) is 1. The molecule has 2 amide bonds. The van der Waals surface area contributed by atoms with Crippen LogP contribution >= 0.6 is 0 Å². The molecule has 1 aliphatic heterocycles. The summed E-state index contributed by atoms with van der Waals surface area (Å²) >= 11 is 0. The summed E-state index contributed by atoms with van der Waals surface area (Å²) < 4.78 is 0. The van der Waals surface area contributed by atoms with Crippen LogP contribution in [0.3, 0.4) is 0 Å². The van der Waals surface area contributed by atoms with Crippen LogP contribution in [0.15, 0.2) is 0 Å². The Hall–Kier alpha value is -0.900. The second-order valence-corrected chi connectivity index (χ2v) is 4.03. The van der Waals surface area contributed by atoms with Crippen molar-refractivity contribution in [3.63, 3.8) is 0 Å². The number of amides is 2. The quantitative estimate of drug-likeness (QED) is 0.677. The summed E-state index contributed by atoms with van der Waals surface area (Å²) in [7, 11) is 0. The maximum absolute atomic E-state index is 11.6. The Kier molecular flexibility index (Phi) is 3.26. The van der Waals surface area contributed by atoms with Gasteiger partial charge in [0.05, 0.1) is 5.54 Å². The number of carbonyl (C=O) groups is 2. The highest BCUT2D eigenvalue weighted by Gasteiger charge is 2.38. The standard InChI is InChI=1S/C10H18N2O2/c1-3-10(2,7-11)12-8(13)5-4-6-9(12)14/h3-7,11H2,1-2H3. The fraction of sp³-hybridized carbons (Fsp3) is 0.800. The van der Waals surface area contributed by atoms with Crippen molar-refractivity contribution in [2.75, 3.05) is 6.54 Å². The van der Waals surface area contributed by atoms with Gasteiger partial charge in [-0.15, -0.1) is 0 Å². The van der Waals surface area contributed by atoms with Crippen LogP contribution in [0.5, 0.6) is 0 Å². The first-order chi connectivity index (χ1) is 6.55. The summed E-state index contributed by atoms with van der Waals surface area (Å²) in [5.74, 6) is -0.146. The maximum atomic E-state index is 11.6. The third-order valence-corrected chi connectivity index (χ3v) is 3.02. The zero-order valence-electron chi connectivity index (χ0n) is 8.88. The third-order valence-electron chi connectivity index (χ3n) is 3.02. The molecule has 0 saturated carbocycles. The lowest BCUT2D eigenvalue weighted by Crippen LogP contribution is -2.58. The molecule has 0 aromatic heterocycles. The van der Waals surface area contributed by atoms with Crippen molar-refractivity contribution in [3.8, 4) is 0 Å². The molecule has 4 nitrogen and oxygen atoms in total. The Morgan fingerprint density at radius 3 is 2.21 bits per heavy atom. The molecule has 1 atom stereocenters. The molecular weight excluding hydrogens is 180 g/mol. The van der Waals surface area contributed by atoms with Crippen LogP contribution in [0, 0.1) is 0 Å². The van der Waals surface area contributed by atoms with Crippen LogP contribution in [0.25, 0.3) is 0 Å². The number of piperidine rings is 1. The van der Waals surface area contributed by atoms with E-state index in [1.54, 1.807) is 0 Å². The van der Waals surface area contributed by atoms with Crippen LogP contribution in [0.2, 0.25) is 0 Å². The zero-order chi connectivity index (χ0) is 10.8. The van der Waals surface area contributed by atoms with E-state index in [1.807, 2.05) is 13.8 Å². The molecule has 0 aromatic carbocycles. The van der Waals surface area contributed by atoms with Crippen molar-refractivity contribution in [2.24, 2.45) is 5.73 Å². The predicted molar refractivity (Wildman–Crippen MR) is 53.5 cm³/mol. The second-order valence-electron chi connectivity index (χ2n) is 4.03. The number of likely N-dealkylation sites (tertiary alicyclic amines) is 1. The van der Waals surface area contributed by atoms with Crippen molar-refractivity contribution >= 4 is 11.8 Å². The highest BCUT2D eigenvalue weighted by Crippen LogP contribution is 2.24. The van der Waals surface area contributed by atoms with Crippen molar-refractivity contribution in [2.45, 2.75) is 45.1 Å². The van der Waals surface area contributed by atoms with E-state index in [2.05, 4.69) is 0 Å². The minimum absolute atomic E-state index is 0.0731. The molecule has 80 valence electrons. The maximum Gasteiger partial charge on any atom is 0.229 e. The van der Waals surface area contributed by atoms with Gasteiger partial charge in [0.15, 0.2) is 0 Å². The lowest BCUT2D eigenvalue weighted by Gasteiger charge is -2.40. The largest absolute Gasteiger partial charge is 0.328 e. The van der Waals surface area contributed by atoms with Crippen LogP contribution in [0.4, 0.5) is 0 Å². The SMILES string of the molecule is CCC(C)(CN)N1C(=O)CCCC1=O. The molecule has 0 radical (unpaired) electrons. The van der Waals surface area contributed by atoms with Crippen molar-refractivity contribution in [1.82, 2.24) is 4.90 Å². The van der Waals surface area contributed by atoms with E-state index in [0.717, 1.165) is 0 Å². The van der Waals surface area contributed by atoms with Gasteiger partial charge >= 0.3 is 0 Å². The van der Waals surface area contributed by atoms with Crippen LogP contribution < -0.4 is 5.73 Å². The Labute approximate surface area is 84.4 Å². The second kappa shape index (κ2) is 4.09. The van der Waals surface area contributed by atoms with Gasteiger partial charge in [-0.2, -0.15) is 0 Å². The minimum Gasteiger partial charge on any atom is -0.328 e. The van der Waals surface area contributed by atoms with Gasteiger partial charge in [0.1, 0.15) is 0 Å². The van der Waals surface area contributed by atoms with E-state index in [4.69, 9.17) is 5.73 Å². The summed E-state index contributed by atoms with van der Waals surface area (Å²) in [6.07, 6.45) is 2.34. The van der Waals surface area contributed by atoms with Gasteiger partial charge in [-0.05, 0) is 19.8 Å². The van der Waals surface area contributed by atoms with Gasteiger partial charge in [-0.1, -0.05) is 6.92 Å². The van der Waals surface area contributed by atoms with E-state index in [1.165, 1.54) is 4.90 Å². The van der Waals surface area contributed by atoms with Gasteiger partial charge in [0.25, 0.3) is 0 Å². The monoisotopic (exact) mass is 198 g/mol. The normalized spacial score (nSPS) is 22.4. The molecule has 1 unspecified atom stereocenters. The molecule has 1 aliphatic rings. The molecule has 1 heterocycles. The first kappa shape index (κ1) is 11.2. The summed E-state index contributed by atoms with van der Waals surface area (Å²) in [5.41, 5.74) is 5.14. The van der Waals surface area contributed by atoms with Gasteiger partial charge in [-0.25, -0.2) is 0 Å². The molecule has 0 aliphatic carbocycles. The zero-order valence-corrected chi connectivity index (χ0v) is 8.88. The van der Waals surface area contributed by atoms with Crippen LogP contribution in [0.1, 0.15) is 39.5 Å². The molecular formula is C10H18N2O2. The molecule has 1 rings (SSSR count). The van der Waals surface area contributed by atoms with Crippen LogP contribution in [-0.2, 0) is 9.59 Å². The van der Waals surface area contributed by atoms with E-state index in [9.17, 15) is 9.59 Å². The molecule has 1 fully saturated rings.